The van der Waals surface area contributed by atoms with Gasteiger partial charge in [0.05, 0.1) is 12.1 Å². The molecule has 1 aliphatic rings. The predicted molar refractivity (Wildman–Crippen MR) is 92.2 cm³/mol. The Kier molecular flexibility index (Phi) is 4.82. The summed E-state index contributed by atoms with van der Waals surface area (Å²) >= 11 is 0. The Bertz CT molecular complexity index is 746. The first-order chi connectivity index (χ1) is 12.0. The predicted octanol–water partition coefficient (Wildman–Crippen LogP) is 2.24. The van der Waals surface area contributed by atoms with Crippen molar-refractivity contribution in [3.63, 3.8) is 0 Å². The van der Waals surface area contributed by atoms with E-state index in [1.807, 2.05) is 18.4 Å². The van der Waals surface area contributed by atoms with Crippen LogP contribution in [0.1, 0.15) is 39.6 Å². The van der Waals surface area contributed by atoms with Crippen molar-refractivity contribution < 1.29 is 9.53 Å². The molecular weight excluding hydrogens is 322 g/mol. The molecule has 1 aliphatic heterocycles. The first-order valence-corrected chi connectivity index (χ1v) is 8.44. The highest BCUT2D eigenvalue weighted by Gasteiger charge is 2.37. The van der Waals surface area contributed by atoms with Crippen molar-refractivity contribution in [3.8, 4) is 0 Å². The second-order valence-electron chi connectivity index (χ2n) is 6.34. The fourth-order valence-electron chi connectivity index (χ4n) is 2.84. The number of carbonyl (C=O) groups excluding carboxylic acids is 1. The van der Waals surface area contributed by atoms with Gasteiger partial charge in [-0.15, -0.1) is 10.2 Å². The molecule has 0 bridgehead atoms. The maximum atomic E-state index is 12.1. The molecule has 9 nitrogen and oxygen atoms in total. The van der Waals surface area contributed by atoms with Gasteiger partial charge in [0, 0.05) is 12.7 Å². The van der Waals surface area contributed by atoms with Gasteiger partial charge in [-0.2, -0.15) is 4.98 Å². The van der Waals surface area contributed by atoms with E-state index in [4.69, 9.17) is 4.74 Å². The van der Waals surface area contributed by atoms with Gasteiger partial charge in [-0.05, 0) is 25.8 Å². The first kappa shape index (κ1) is 17.1. The van der Waals surface area contributed by atoms with Gasteiger partial charge >= 0.3 is 6.09 Å². The number of amides is 1. The number of nitrogens with one attached hydrogen (secondary N) is 1. The van der Waals surface area contributed by atoms with Crippen molar-refractivity contribution in [1.82, 2.24) is 24.7 Å². The molecule has 3 heterocycles. The number of aryl methyl sites for hydroxylation is 1. The molecule has 2 atom stereocenters. The molecule has 1 unspecified atom stereocenters. The van der Waals surface area contributed by atoms with Crippen LogP contribution in [-0.2, 0) is 11.3 Å². The summed E-state index contributed by atoms with van der Waals surface area (Å²) in [4.78, 5) is 22.4. The third-order valence-corrected chi connectivity index (χ3v) is 4.28. The molecule has 1 saturated heterocycles. The third-order valence-electron chi connectivity index (χ3n) is 4.28. The monoisotopic (exact) mass is 345 g/mol. The highest BCUT2D eigenvalue weighted by atomic mass is 16.6. The van der Waals surface area contributed by atoms with Crippen LogP contribution < -0.4 is 10.2 Å². The first-order valence-electron chi connectivity index (χ1n) is 8.44. The zero-order valence-electron chi connectivity index (χ0n) is 14.9. The molecule has 3 rings (SSSR count). The topological polar surface area (TPSA) is 98.1 Å². The molecule has 2 aromatic rings. The minimum absolute atomic E-state index is 0.0316. The molecule has 1 amide bonds. The van der Waals surface area contributed by atoms with E-state index in [0.29, 0.717) is 18.4 Å². The summed E-state index contributed by atoms with van der Waals surface area (Å²) in [6, 6.07) is 1.56. The number of rotatable bonds is 6. The Balaban J connectivity index is 1.81. The van der Waals surface area contributed by atoms with Crippen LogP contribution in [0.15, 0.2) is 18.6 Å². The van der Waals surface area contributed by atoms with E-state index in [1.165, 1.54) is 0 Å². The molecule has 0 aliphatic carbocycles. The largest absolute Gasteiger partial charge is 0.447 e. The fraction of sp³-hybridized carbons (Fsp3) is 0.562. The Morgan fingerprint density at radius 1 is 1.40 bits per heavy atom. The highest BCUT2D eigenvalue weighted by Crippen LogP contribution is 2.26. The molecule has 1 fully saturated rings. The Morgan fingerprint density at radius 3 is 2.92 bits per heavy atom. The van der Waals surface area contributed by atoms with Crippen molar-refractivity contribution in [2.24, 2.45) is 5.92 Å². The Hall–Kier alpha value is -2.71. The van der Waals surface area contributed by atoms with E-state index in [9.17, 15) is 4.79 Å². The second-order valence-corrected chi connectivity index (χ2v) is 6.34. The number of hydrogen-bond acceptors (Lipinski definition) is 7. The number of cyclic esters (lactones) is 1. The maximum absolute atomic E-state index is 12.1. The van der Waals surface area contributed by atoms with E-state index in [2.05, 4.69) is 39.3 Å². The number of nitrogens with zero attached hydrogens (tertiary/aromatic N) is 6. The molecule has 0 spiro atoms. The van der Waals surface area contributed by atoms with Gasteiger partial charge in [-0.25, -0.2) is 9.78 Å². The molecule has 2 aromatic heterocycles. The Morgan fingerprint density at radius 2 is 2.20 bits per heavy atom. The molecular formula is C16H23N7O2. The van der Waals surface area contributed by atoms with Gasteiger partial charge < -0.3 is 14.6 Å². The van der Waals surface area contributed by atoms with E-state index in [0.717, 1.165) is 12.4 Å². The fourth-order valence-corrected chi connectivity index (χ4v) is 2.84. The van der Waals surface area contributed by atoms with Crippen molar-refractivity contribution >= 4 is 17.9 Å². The minimum atomic E-state index is -0.373. The SMILES string of the molecule is CCn1cnnc1[C@H](C)Nc1nccc(N2C(=O)OCC2C(C)C)n1. The van der Waals surface area contributed by atoms with Gasteiger partial charge in [0.25, 0.3) is 0 Å². The lowest BCUT2D eigenvalue weighted by atomic mass is 10.0. The average molecular weight is 345 g/mol. The van der Waals surface area contributed by atoms with Crippen LogP contribution in [0.4, 0.5) is 16.6 Å². The standard InChI is InChI=1S/C16H23N7O2/c1-5-22-9-18-21-14(22)11(4)19-15-17-7-6-13(20-15)23-12(10(2)3)8-25-16(23)24/h6-7,9-12H,5,8H2,1-4H3,(H,17,19,20)/t11-,12?/m0/s1. The van der Waals surface area contributed by atoms with Crippen LogP contribution in [0.3, 0.4) is 0 Å². The van der Waals surface area contributed by atoms with Gasteiger partial charge in [0.15, 0.2) is 5.82 Å². The molecule has 9 heteroatoms. The second kappa shape index (κ2) is 7.04. The molecule has 0 aromatic carbocycles. The molecule has 1 N–H and O–H groups in total. The average Bonchev–Trinajstić information content (AvgIpc) is 3.21. The van der Waals surface area contributed by atoms with Crippen LogP contribution in [0, 0.1) is 5.92 Å². The summed E-state index contributed by atoms with van der Waals surface area (Å²) in [5, 5.41) is 11.3. The number of aromatic nitrogens is 5. The molecule has 134 valence electrons. The zero-order valence-corrected chi connectivity index (χ0v) is 14.9. The number of carbonyl (C=O) groups is 1. The van der Waals surface area contributed by atoms with Crippen molar-refractivity contribution in [2.75, 3.05) is 16.8 Å². The molecule has 0 radical (unpaired) electrons. The molecule has 25 heavy (non-hydrogen) atoms. The normalized spacial score (nSPS) is 18.5. The summed E-state index contributed by atoms with van der Waals surface area (Å²) in [6.45, 7) is 9.26. The third kappa shape index (κ3) is 3.40. The van der Waals surface area contributed by atoms with Gasteiger partial charge in [0.1, 0.15) is 18.8 Å². The van der Waals surface area contributed by atoms with Crippen LogP contribution in [0.25, 0.3) is 0 Å². The zero-order chi connectivity index (χ0) is 18.0. The minimum Gasteiger partial charge on any atom is -0.447 e. The van der Waals surface area contributed by atoms with Crippen LogP contribution in [0.5, 0.6) is 0 Å². The van der Waals surface area contributed by atoms with Gasteiger partial charge in [-0.3, -0.25) is 4.90 Å². The summed E-state index contributed by atoms with van der Waals surface area (Å²) in [6.07, 6.45) is 2.95. The van der Waals surface area contributed by atoms with Crippen LogP contribution in [0.2, 0.25) is 0 Å². The van der Waals surface area contributed by atoms with Crippen molar-refractivity contribution in [1.29, 1.82) is 0 Å². The number of anilines is 2. The van der Waals surface area contributed by atoms with Gasteiger partial charge in [0.2, 0.25) is 5.95 Å². The summed E-state index contributed by atoms with van der Waals surface area (Å²) < 4.78 is 7.14. The van der Waals surface area contributed by atoms with E-state index in [-0.39, 0.29) is 24.1 Å². The van der Waals surface area contributed by atoms with E-state index < -0.39 is 0 Å². The van der Waals surface area contributed by atoms with Gasteiger partial charge in [-0.1, -0.05) is 13.8 Å². The maximum Gasteiger partial charge on any atom is 0.415 e. The lowest BCUT2D eigenvalue weighted by Gasteiger charge is -2.23. The quantitative estimate of drug-likeness (QED) is 0.857. The van der Waals surface area contributed by atoms with Crippen molar-refractivity contribution in [3.05, 3.63) is 24.4 Å². The smallest absolute Gasteiger partial charge is 0.415 e. The number of hydrogen-bond donors (Lipinski definition) is 1. The lowest BCUT2D eigenvalue weighted by molar-refractivity contribution is 0.177. The summed E-state index contributed by atoms with van der Waals surface area (Å²) in [5.41, 5.74) is 0. The van der Waals surface area contributed by atoms with Crippen molar-refractivity contribution in [2.45, 2.75) is 46.3 Å². The van der Waals surface area contributed by atoms with Crippen LogP contribution in [-0.4, -0.2) is 43.5 Å². The van der Waals surface area contributed by atoms with E-state index >= 15 is 0 Å². The number of ether oxygens (including phenoxy) is 1. The molecule has 0 saturated carbocycles. The highest BCUT2D eigenvalue weighted by molar-refractivity contribution is 5.89. The lowest BCUT2D eigenvalue weighted by Crippen LogP contribution is -2.37. The van der Waals surface area contributed by atoms with Crippen LogP contribution >= 0.6 is 0 Å². The Labute approximate surface area is 146 Å². The van der Waals surface area contributed by atoms with E-state index in [1.54, 1.807) is 23.5 Å². The summed E-state index contributed by atoms with van der Waals surface area (Å²) in [7, 11) is 0. The summed E-state index contributed by atoms with van der Waals surface area (Å²) in [5.74, 6) is 2.03.